The molecule has 0 saturated heterocycles. The quantitative estimate of drug-likeness (QED) is 0.558. The highest BCUT2D eigenvalue weighted by atomic mass is 14.2. The Bertz CT molecular complexity index is 786. The summed E-state index contributed by atoms with van der Waals surface area (Å²) in [7, 11) is 0. The lowest BCUT2D eigenvalue weighted by molar-refractivity contribution is 0.729. The molecule has 0 radical (unpaired) electrons. The Kier molecular flexibility index (Phi) is 5.71. The fourth-order valence-corrected chi connectivity index (χ4v) is 3.57. The van der Waals surface area contributed by atoms with Crippen molar-refractivity contribution in [1.29, 1.82) is 0 Å². The van der Waals surface area contributed by atoms with Crippen molar-refractivity contribution >= 4 is 5.57 Å². The summed E-state index contributed by atoms with van der Waals surface area (Å²) in [4.78, 5) is 0. The van der Waals surface area contributed by atoms with E-state index in [1.807, 2.05) is 0 Å². The molecular weight excluding hydrogens is 300 g/mol. The highest BCUT2D eigenvalue weighted by Gasteiger charge is 2.15. The van der Waals surface area contributed by atoms with Crippen LogP contribution in [0.15, 0.2) is 84.0 Å². The fourth-order valence-electron chi connectivity index (χ4n) is 3.57. The molecule has 1 unspecified atom stereocenters. The lowest BCUT2D eigenvalue weighted by Gasteiger charge is -2.20. The predicted octanol–water partition coefficient (Wildman–Crippen LogP) is 6.92. The first-order valence-electron chi connectivity index (χ1n) is 9.39. The third kappa shape index (κ3) is 4.39. The van der Waals surface area contributed by atoms with Crippen LogP contribution in [0.25, 0.3) is 5.57 Å². The van der Waals surface area contributed by atoms with Gasteiger partial charge < -0.3 is 0 Å². The van der Waals surface area contributed by atoms with E-state index < -0.39 is 0 Å². The van der Waals surface area contributed by atoms with Crippen LogP contribution in [0.4, 0.5) is 0 Å². The van der Waals surface area contributed by atoms with Crippen LogP contribution < -0.4 is 0 Å². The summed E-state index contributed by atoms with van der Waals surface area (Å²) in [5, 5.41) is 0. The molecule has 0 saturated carbocycles. The molecule has 3 rings (SSSR count). The van der Waals surface area contributed by atoms with Crippen molar-refractivity contribution in [2.45, 2.75) is 40.0 Å². The summed E-state index contributed by atoms with van der Waals surface area (Å²) >= 11 is 0. The molecule has 2 aromatic rings. The van der Waals surface area contributed by atoms with E-state index in [0.717, 1.165) is 19.3 Å². The van der Waals surface area contributed by atoms with Crippen molar-refractivity contribution in [2.75, 3.05) is 0 Å². The maximum absolute atomic E-state index is 2.45. The van der Waals surface area contributed by atoms with Gasteiger partial charge in [0.15, 0.2) is 0 Å². The molecule has 0 heteroatoms. The molecule has 0 aliphatic heterocycles. The summed E-state index contributed by atoms with van der Waals surface area (Å²) < 4.78 is 0. The first-order chi connectivity index (χ1) is 12.2. The van der Waals surface area contributed by atoms with Gasteiger partial charge in [0.1, 0.15) is 0 Å². The van der Waals surface area contributed by atoms with Crippen LogP contribution in [0, 0.1) is 12.8 Å². The molecule has 25 heavy (non-hydrogen) atoms. The number of benzene rings is 2. The van der Waals surface area contributed by atoms with Gasteiger partial charge in [0.25, 0.3) is 0 Å². The van der Waals surface area contributed by atoms with Gasteiger partial charge in [0.05, 0.1) is 0 Å². The number of aryl methyl sites for hydroxylation is 1. The number of allylic oxidation sites excluding steroid dienone is 6. The van der Waals surface area contributed by atoms with Gasteiger partial charge in [-0.3, -0.25) is 0 Å². The van der Waals surface area contributed by atoms with Crippen LogP contribution >= 0.6 is 0 Å². The van der Waals surface area contributed by atoms with Gasteiger partial charge in [-0.05, 0) is 60.0 Å². The van der Waals surface area contributed by atoms with E-state index in [9.17, 15) is 0 Å². The van der Waals surface area contributed by atoms with E-state index in [1.165, 1.54) is 33.4 Å². The molecule has 128 valence electrons. The average molecular weight is 328 g/mol. The minimum Gasteiger partial charge on any atom is -0.0834 e. The van der Waals surface area contributed by atoms with Gasteiger partial charge in [0.2, 0.25) is 0 Å². The van der Waals surface area contributed by atoms with Gasteiger partial charge in [-0.1, -0.05) is 92.2 Å². The third-order valence-corrected chi connectivity index (χ3v) is 4.96. The molecule has 0 amide bonds. The summed E-state index contributed by atoms with van der Waals surface area (Å²) in [6.45, 7) is 6.73. The first kappa shape index (κ1) is 17.5. The van der Waals surface area contributed by atoms with Crippen molar-refractivity contribution < 1.29 is 0 Å². The molecule has 1 atom stereocenters. The molecular formula is C25H28. The molecule has 1 aliphatic rings. The summed E-state index contributed by atoms with van der Waals surface area (Å²) in [6.07, 6.45) is 10.3. The third-order valence-electron chi connectivity index (χ3n) is 4.96. The standard InChI is InChI=1S/C25H28/c1-4-24(22-15-13-19(2)14-16-22)25(18-21-10-6-5-7-11-21)23-12-8-9-20(3)17-23/h5-8,10-17,20H,4,9,18H2,1-3H3/b25-24-. The molecule has 0 fully saturated rings. The average Bonchev–Trinajstić information content (AvgIpc) is 2.64. The van der Waals surface area contributed by atoms with Crippen molar-refractivity contribution in [3.8, 4) is 0 Å². The largest absolute Gasteiger partial charge is 0.0834 e. The fraction of sp³-hybridized carbons (Fsp3) is 0.280. The van der Waals surface area contributed by atoms with Crippen LogP contribution in [-0.4, -0.2) is 0 Å². The molecule has 0 aromatic heterocycles. The van der Waals surface area contributed by atoms with Crippen LogP contribution in [0.5, 0.6) is 0 Å². The Morgan fingerprint density at radius 1 is 0.960 bits per heavy atom. The second-order valence-electron chi connectivity index (χ2n) is 7.08. The van der Waals surface area contributed by atoms with Crippen LogP contribution in [0.1, 0.15) is 43.4 Å². The molecule has 0 heterocycles. The number of rotatable bonds is 5. The second kappa shape index (κ2) is 8.16. The van der Waals surface area contributed by atoms with Crippen LogP contribution in [0.3, 0.4) is 0 Å². The van der Waals surface area contributed by atoms with Crippen molar-refractivity contribution in [1.82, 2.24) is 0 Å². The molecule has 2 aromatic carbocycles. The monoisotopic (exact) mass is 328 g/mol. The maximum Gasteiger partial charge on any atom is -0.00170 e. The lowest BCUT2D eigenvalue weighted by atomic mass is 9.84. The zero-order valence-electron chi connectivity index (χ0n) is 15.6. The first-order valence-corrected chi connectivity index (χ1v) is 9.39. The second-order valence-corrected chi connectivity index (χ2v) is 7.08. The van der Waals surface area contributed by atoms with Gasteiger partial charge in [-0.2, -0.15) is 0 Å². The minimum atomic E-state index is 0.613. The number of hydrogen-bond acceptors (Lipinski definition) is 0. The zero-order chi connectivity index (χ0) is 17.6. The van der Waals surface area contributed by atoms with Crippen molar-refractivity contribution in [2.24, 2.45) is 5.92 Å². The predicted molar refractivity (Wildman–Crippen MR) is 110 cm³/mol. The highest BCUT2D eigenvalue weighted by molar-refractivity contribution is 5.74. The molecule has 0 spiro atoms. The number of hydrogen-bond donors (Lipinski definition) is 0. The van der Waals surface area contributed by atoms with Crippen molar-refractivity contribution in [3.05, 3.63) is 101 Å². The van der Waals surface area contributed by atoms with Crippen LogP contribution in [-0.2, 0) is 6.42 Å². The summed E-state index contributed by atoms with van der Waals surface area (Å²) in [6, 6.07) is 19.8. The smallest absolute Gasteiger partial charge is 0.00170 e. The molecule has 0 nitrogen and oxygen atoms in total. The summed E-state index contributed by atoms with van der Waals surface area (Å²) in [5.41, 5.74) is 8.39. The molecule has 0 N–H and O–H groups in total. The topological polar surface area (TPSA) is 0 Å². The van der Waals surface area contributed by atoms with Crippen LogP contribution in [0.2, 0.25) is 0 Å². The minimum absolute atomic E-state index is 0.613. The van der Waals surface area contributed by atoms with Crippen molar-refractivity contribution in [3.63, 3.8) is 0 Å². The van der Waals surface area contributed by atoms with E-state index in [0.29, 0.717) is 5.92 Å². The molecule has 1 aliphatic carbocycles. The Hall–Kier alpha value is -2.34. The van der Waals surface area contributed by atoms with Gasteiger partial charge in [-0.25, -0.2) is 0 Å². The Morgan fingerprint density at radius 2 is 1.68 bits per heavy atom. The van der Waals surface area contributed by atoms with E-state index in [1.54, 1.807) is 0 Å². The van der Waals surface area contributed by atoms with E-state index >= 15 is 0 Å². The Morgan fingerprint density at radius 3 is 2.32 bits per heavy atom. The highest BCUT2D eigenvalue weighted by Crippen LogP contribution is 2.33. The van der Waals surface area contributed by atoms with E-state index in [-0.39, 0.29) is 0 Å². The molecule has 0 bridgehead atoms. The van der Waals surface area contributed by atoms with Gasteiger partial charge in [0, 0.05) is 0 Å². The van der Waals surface area contributed by atoms with Gasteiger partial charge >= 0.3 is 0 Å². The zero-order valence-corrected chi connectivity index (χ0v) is 15.6. The Balaban J connectivity index is 2.10. The van der Waals surface area contributed by atoms with Gasteiger partial charge in [-0.15, -0.1) is 0 Å². The normalized spacial score (nSPS) is 17.9. The lowest BCUT2D eigenvalue weighted by Crippen LogP contribution is -2.03. The summed E-state index contributed by atoms with van der Waals surface area (Å²) in [5.74, 6) is 0.613. The van der Waals surface area contributed by atoms with E-state index in [4.69, 9.17) is 0 Å². The maximum atomic E-state index is 2.45. The SMILES string of the molecule is CC/C(=C(\Cc1ccccc1)C1=CC(C)CC=C1)c1ccc(C)cc1. The van der Waals surface area contributed by atoms with E-state index in [2.05, 4.69) is 93.6 Å². The Labute approximate surface area is 152 Å².